The smallest absolute Gasteiger partial charge is 0.142 e. The fourth-order valence-electron chi connectivity index (χ4n) is 0.818. The zero-order valence-electron chi connectivity index (χ0n) is 6.00. The molecule has 3 radical (unpaired) electrons. The van der Waals surface area contributed by atoms with Crippen molar-refractivity contribution < 1.29 is 0 Å². The van der Waals surface area contributed by atoms with Crippen molar-refractivity contribution in [1.82, 2.24) is 4.98 Å². The molecule has 0 unspecified atom stereocenters. The van der Waals surface area contributed by atoms with Gasteiger partial charge in [-0.1, -0.05) is 0 Å². The van der Waals surface area contributed by atoms with Gasteiger partial charge in [0.1, 0.15) is 7.85 Å². The van der Waals surface area contributed by atoms with Gasteiger partial charge < -0.3 is 0 Å². The maximum atomic E-state index is 5.44. The van der Waals surface area contributed by atoms with Crippen LogP contribution in [0, 0.1) is 0 Å². The molecular formula is C6H6BKNS. The average Bonchev–Trinajstić information content (AvgIpc) is 2.58. The molecule has 2 rings (SSSR count). The summed E-state index contributed by atoms with van der Waals surface area (Å²) in [5, 5.41) is 3.14. The molecule has 1 aliphatic rings. The minimum atomic E-state index is 0. The first kappa shape index (κ1) is 9.42. The summed E-state index contributed by atoms with van der Waals surface area (Å²) in [6, 6.07) is 0. The monoisotopic (exact) mass is 174 g/mol. The second-order valence-corrected chi connectivity index (χ2v) is 3.27. The van der Waals surface area contributed by atoms with Crippen LogP contribution in [0.4, 0.5) is 0 Å². The maximum Gasteiger partial charge on any atom is 0.142 e. The minimum Gasteiger partial charge on any atom is -0.258 e. The maximum absolute atomic E-state index is 5.44. The number of aromatic nitrogens is 1. The van der Waals surface area contributed by atoms with Crippen molar-refractivity contribution in [3.8, 4) is 0 Å². The van der Waals surface area contributed by atoms with Crippen LogP contribution in [0.5, 0.6) is 0 Å². The van der Waals surface area contributed by atoms with Gasteiger partial charge in [-0.05, 0) is 18.4 Å². The zero-order valence-corrected chi connectivity index (χ0v) is 9.94. The van der Waals surface area contributed by atoms with E-state index >= 15 is 0 Å². The molecule has 1 aromatic rings. The summed E-state index contributed by atoms with van der Waals surface area (Å²) in [4.78, 5) is 4.17. The van der Waals surface area contributed by atoms with Crippen molar-refractivity contribution in [3.63, 3.8) is 0 Å². The molecule has 45 valence electrons. The molecule has 0 N–H and O–H groups in total. The molecule has 10 heavy (non-hydrogen) atoms. The molecule has 4 heteroatoms. The van der Waals surface area contributed by atoms with Crippen LogP contribution in [0.2, 0.25) is 0 Å². The normalized spacial score (nSPS) is 16.4. The standard InChI is InChI=1S/C6H6BNS.K/c7-5-3-9-6(8-5)4-1-2-4;/h3-4H,1-2H2;. The molecule has 1 heterocycles. The van der Waals surface area contributed by atoms with Gasteiger partial charge in [-0.3, -0.25) is 4.98 Å². The van der Waals surface area contributed by atoms with Crippen molar-refractivity contribution in [2.75, 3.05) is 0 Å². The summed E-state index contributed by atoms with van der Waals surface area (Å²) in [5.74, 6) is 0.757. The summed E-state index contributed by atoms with van der Waals surface area (Å²) >= 11 is 1.68. The third kappa shape index (κ3) is 2.16. The van der Waals surface area contributed by atoms with E-state index in [-0.39, 0.29) is 51.4 Å². The predicted octanol–water partition coefficient (Wildman–Crippen LogP) is 0.433. The molecule has 1 saturated carbocycles. The van der Waals surface area contributed by atoms with E-state index in [0.29, 0.717) is 5.59 Å². The van der Waals surface area contributed by atoms with Gasteiger partial charge in [-0.15, -0.1) is 11.3 Å². The Morgan fingerprint density at radius 1 is 1.60 bits per heavy atom. The van der Waals surface area contributed by atoms with Crippen LogP contribution in [-0.4, -0.2) is 64.2 Å². The number of rotatable bonds is 1. The van der Waals surface area contributed by atoms with Gasteiger partial charge >= 0.3 is 0 Å². The molecule has 1 aromatic heterocycles. The Kier molecular flexibility index (Phi) is 3.61. The molecule has 1 fully saturated rings. The summed E-state index contributed by atoms with van der Waals surface area (Å²) in [7, 11) is 5.44. The Bertz CT molecular complexity index is 221. The molecule has 0 aromatic carbocycles. The van der Waals surface area contributed by atoms with Crippen LogP contribution in [-0.2, 0) is 0 Å². The first-order valence-electron chi connectivity index (χ1n) is 3.07. The van der Waals surface area contributed by atoms with E-state index < -0.39 is 0 Å². The fraction of sp³-hybridized carbons (Fsp3) is 0.500. The van der Waals surface area contributed by atoms with Crippen molar-refractivity contribution in [1.29, 1.82) is 0 Å². The minimum absolute atomic E-state index is 0. The van der Waals surface area contributed by atoms with Gasteiger partial charge in [0.25, 0.3) is 0 Å². The summed E-state index contributed by atoms with van der Waals surface area (Å²) in [5.41, 5.74) is 0.682. The molecule has 0 amide bonds. The number of thiazole rings is 1. The van der Waals surface area contributed by atoms with Gasteiger partial charge in [0.15, 0.2) is 0 Å². The quantitative estimate of drug-likeness (QED) is 0.563. The Morgan fingerprint density at radius 2 is 2.30 bits per heavy atom. The SMILES string of the molecule is [B]c1csc(C2CC2)n1.[K]. The first-order valence-corrected chi connectivity index (χ1v) is 3.95. The average molecular weight is 174 g/mol. The summed E-state index contributed by atoms with van der Waals surface area (Å²) in [6.07, 6.45) is 2.62. The number of nitrogens with zero attached hydrogens (tertiary/aromatic N) is 1. The van der Waals surface area contributed by atoms with Crippen LogP contribution in [0.3, 0.4) is 0 Å². The molecule has 1 aliphatic carbocycles. The van der Waals surface area contributed by atoms with E-state index in [0.717, 1.165) is 5.92 Å². The van der Waals surface area contributed by atoms with Gasteiger partial charge in [0.05, 0.1) is 5.01 Å². The third-order valence-electron chi connectivity index (χ3n) is 1.47. The van der Waals surface area contributed by atoms with E-state index in [1.54, 1.807) is 11.3 Å². The Labute approximate surface area is 108 Å². The van der Waals surface area contributed by atoms with Crippen molar-refractivity contribution >= 4 is 76.2 Å². The Morgan fingerprint density at radius 3 is 2.70 bits per heavy atom. The zero-order chi connectivity index (χ0) is 6.27. The van der Waals surface area contributed by atoms with Gasteiger partial charge in [-0.2, -0.15) is 0 Å². The van der Waals surface area contributed by atoms with E-state index in [2.05, 4.69) is 4.98 Å². The van der Waals surface area contributed by atoms with Crippen LogP contribution >= 0.6 is 11.3 Å². The number of hydrogen-bond donors (Lipinski definition) is 0. The van der Waals surface area contributed by atoms with E-state index in [4.69, 9.17) is 7.85 Å². The van der Waals surface area contributed by atoms with Crippen molar-refractivity contribution in [3.05, 3.63) is 10.4 Å². The largest absolute Gasteiger partial charge is 0.258 e. The van der Waals surface area contributed by atoms with Gasteiger partial charge in [0.2, 0.25) is 0 Å². The Balaban J connectivity index is 0.000000500. The van der Waals surface area contributed by atoms with Crippen LogP contribution < -0.4 is 5.59 Å². The molecule has 0 bridgehead atoms. The van der Waals surface area contributed by atoms with E-state index in [1.807, 2.05) is 5.38 Å². The fourth-order valence-corrected chi connectivity index (χ4v) is 1.70. The van der Waals surface area contributed by atoms with E-state index in [9.17, 15) is 0 Å². The molecular weight excluding hydrogens is 168 g/mol. The van der Waals surface area contributed by atoms with Gasteiger partial charge in [0, 0.05) is 62.7 Å². The summed E-state index contributed by atoms with van der Waals surface area (Å²) < 4.78 is 0. The second kappa shape index (κ2) is 3.83. The predicted molar refractivity (Wildman–Crippen MR) is 45.2 cm³/mol. The molecule has 1 nitrogen and oxygen atoms in total. The first-order chi connectivity index (χ1) is 4.36. The molecule has 0 aliphatic heterocycles. The van der Waals surface area contributed by atoms with E-state index in [1.165, 1.54) is 17.8 Å². The second-order valence-electron chi connectivity index (χ2n) is 2.38. The Hall–Kier alpha value is 1.33. The van der Waals surface area contributed by atoms with Crippen LogP contribution in [0.15, 0.2) is 5.38 Å². The number of hydrogen-bond acceptors (Lipinski definition) is 2. The van der Waals surface area contributed by atoms with Crippen LogP contribution in [0.1, 0.15) is 23.8 Å². The van der Waals surface area contributed by atoms with Crippen molar-refractivity contribution in [2.24, 2.45) is 0 Å². The van der Waals surface area contributed by atoms with Crippen LogP contribution in [0.25, 0.3) is 0 Å². The molecule has 0 saturated heterocycles. The topological polar surface area (TPSA) is 12.9 Å². The van der Waals surface area contributed by atoms with Gasteiger partial charge in [-0.25, -0.2) is 0 Å². The van der Waals surface area contributed by atoms with Crippen molar-refractivity contribution in [2.45, 2.75) is 18.8 Å². The third-order valence-corrected chi connectivity index (χ3v) is 2.49. The molecule has 0 spiro atoms. The molecule has 0 atom stereocenters. The summed E-state index contributed by atoms with van der Waals surface area (Å²) in [6.45, 7) is 0.